The van der Waals surface area contributed by atoms with E-state index in [0.717, 1.165) is 30.6 Å². The third-order valence-corrected chi connectivity index (χ3v) is 4.38. The van der Waals surface area contributed by atoms with Crippen LogP contribution in [0, 0.1) is 0 Å². The highest BCUT2D eigenvalue weighted by molar-refractivity contribution is 5.76. The molecule has 0 N–H and O–H groups in total. The molecule has 132 valence electrons. The van der Waals surface area contributed by atoms with Crippen molar-refractivity contribution in [2.75, 3.05) is 26.9 Å². The molecule has 1 amide bonds. The van der Waals surface area contributed by atoms with Gasteiger partial charge in [0, 0.05) is 39.1 Å². The van der Waals surface area contributed by atoms with Gasteiger partial charge in [-0.15, -0.1) is 0 Å². The normalized spacial score (nSPS) is 13.4. The minimum Gasteiger partial charge on any atom is -0.475 e. The zero-order valence-corrected chi connectivity index (χ0v) is 14.6. The van der Waals surface area contributed by atoms with Crippen LogP contribution in [-0.4, -0.2) is 42.7 Å². The number of fused-ring (bicyclic) bond motifs is 1. The maximum Gasteiger partial charge on any atom is 0.223 e. The first-order valence-corrected chi connectivity index (χ1v) is 8.68. The fraction of sp³-hybridized carbons (Fsp3) is 0.400. The van der Waals surface area contributed by atoms with E-state index >= 15 is 0 Å². The van der Waals surface area contributed by atoms with Gasteiger partial charge in [-0.3, -0.25) is 4.79 Å². The van der Waals surface area contributed by atoms with E-state index in [1.165, 1.54) is 5.56 Å². The summed E-state index contributed by atoms with van der Waals surface area (Å²) in [4.78, 5) is 19.0. The molecule has 0 atom stereocenters. The summed E-state index contributed by atoms with van der Waals surface area (Å²) in [6, 6.07) is 14.0. The molecule has 1 aromatic carbocycles. The molecule has 1 aliphatic heterocycles. The molecule has 0 saturated carbocycles. The van der Waals surface area contributed by atoms with Crippen molar-refractivity contribution < 1.29 is 14.3 Å². The lowest BCUT2D eigenvalue weighted by molar-refractivity contribution is -0.132. The maximum absolute atomic E-state index is 12.5. The number of hydrogen-bond donors (Lipinski definition) is 0. The van der Waals surface area contributed by atoms with E-state index < -0.39 is 0 Å². The number of amides is 1. The topological polar surface area (TPSA) is 51.7 Å². The highest BCUT2D eigenvalue weighted by Gasteiger charge is 2.21. The molecule has 0 bridgehead atoms. The first kappa shape index (κ1) is 17.4. The quantitative estimate of drug-likeness (QED) is 0.727. The Kier molecular flexibility index (Phi) is 6.01. The average Bonchev–Trinajstić information content (AvgIpc) is 2.66. The van der Waals surface area contributed by atoms with Gasteiger partial charge in [-0.1, -0.05) is 36.4 Å². The zero-order chi connectivity index (χ0) is 17.5. The monoisotopic (exact) mass is 340 g/mol. The summed E-state index contributed by atoms with van der Waals surface area (Å²) in [6.45, 7) is 2.39. The number of benzene rings is 1. The number of rotatable bonds is 7. The number of carbonyl (C=O) groups excluding carboxylic acids is 1. The summed E-state index contributed by atoms with van der Waals surface area (Å²) in [5.74, 6) is 0.828. The van der Waals surface area contributed by atoms with E-state index in [-0.39, 0.29) is 5.91 Å². The number of carbonyl (C=O) groups is 1. The molecular weight excluding hydrogens is 316 g/mol. The number of aromatic nitrogens is 1. The van der Waals surface area contributed by atoms with Crippen molar-refractivity contribution in [1.82, 2.24) is 9.88 Å². The van der Waals surface area contributed by atoms with Crippen LogP contribution in [0.15, 0.2) is 42.5 Å². The van der Waals surface area contributed by atoms with E-state index in [4.69, 9.17) is 9.47 Å². The zero-order valence-electron chi connectivity index (χ0n) is 14.6. The molecule has 0 spiro atoms. The standard InChI is InChI=1S/C20H24N2O3/c1-24-13-14-25-19-9-8-17-15-22(12-11-18(17)21-19)20(23)10-7-16-5-3-2-4-6-16/h2-6,8-9H,7,10-15H2,1H3. The first-order chi connectivity index (χ1) is 12.3. The molecule has 2 heterocycles. The largest absolute Gasteiger partial charge is 0.475 e. The van der Waals surface area contributed by atoms with Crippen LogP contribution in [0.4, 0.5) is 0 Å². The molecule has 1 aliphatic rings. The summed E-state index contributed by atoms with van der Waals surface area (Å²) in [7, 11) is 1.65. The second-order valence-corrected chi connectivity index (χ2v) is 6.15. The van der Waals surface area contributed by atoms with Gasteiger partial charge >= 0.3 is 0 Å². The predicted octanol–water partition coefficient (Wildman–Crippen LogP) is 2.62. The van der Waals surface area contributed by atoms with Gasteiger partial charge in [0.05, 0.1) is 12.3 Å². The van der Waals surface area contributed by atoms with Crippen molar-refractivity contribution in [3.63, 3.8) is 0 Å². The lowest BCUT2D eigenvalue weighted by Gasteiger charge is -2.28. The van der Waals surface area contributed by atoms with Gasteiger partial charge in [-0.2, -0.15) is 0 Å². The molecule has 0 aliphatic carbocycles. The van der Waals surface area contributed by atoms with Crippen LogP contribution < -0.4 is 4.74 Å². The summed E-state index contributed by atoms with van der Waals surface area (Å²) in [5, 5.41) is 0. The second-order valence-electron chi connectivity index (χ2n) is 6.15. The first-order valence-electron chi connectivity index (χ1n) is 8.68. The van der Waals surface area contributed by atoms with Crippen molar-refractivity contribution in [2.45, 2.75) is 25.8 Å². The van der Waals surface area contributed by atoms with E-state index in [1.807, 2.05) is 35.2 Å². The number of aryl methyl sites for hydroxylation is 1. The minimum atomic E-state index is 0.204. The summed E-state index contributed by atoms with van der Waals surface area (Å²) < 4.78 is 10.5. The van der Waals surface area contributed by atoms with Gasteiger partial charge in [0.15, 0.2) is 0 Å². The van der Waals surface area contributed by atoms with Crippen LogP contribution in [0.5, 0.6) is 5.88 Å². The van der Waals surface area contributed by atoms with Gasteiger partial charge < -0.3 is 14.4 Å². The van der Waals surface area contributed by atoms with Gasteiger partial charge in [-0.05, 0) is 17.5 Å². The Morgan fingerprint density at radius 1 is 1.16 bits per heavy atom. The molecule has 0 radical (unpaired) electrons. The van der Waals surface area contributed by atoms with Gasteiger partial charge in [0.2, 0.25) is 11.8 Å². The Morgan fingerprint density at radius 3 is 2.80 bits per heavy atom. The van der Waals surface area contributed by atoms with Crippen LogP contribution in [0.3, 0.4) is 0 Å². The fourth-order valence-corrected chi connectivity index (χ4v) is 2.97. The maximum atomic E-state index is 12.5. The molecule has 25 heavy (non-hydrogen) atoms. The highest BCUT2D eigenvalue weighted by Crippen LogP contribution is 2.21. The van der Waals surface area contributed by atoms with Gasteiger partial charge in [0.25, 0.3) is 0 Å². The molecule has 5 nitrogen and oxygen atoms in total. The molecule has 5 heteroatoms. The number of methoxy groups -OCH3 is 1. The molecule has 0 unspecified atom stereocenters. The van der Waals surface area contributed by atoms with Crippen LogP contribution >= 0.6 is 0 Å². The third kappa shape index (κ3) is 4.79. The van der Waals surface area contributed by atoms with Crippen molar-refractivity contribution >= 4 is 5.91 Å². The van der Waals surface area contributed by atoms with Crippen LogP contribution in [0.25, 0.3) is 0 Å². The molecule has 1 aromatic heterocycles. The second kappa shape index (κ2) is 8.62. The fourth-order valence-electron chi connectivity index (χ4n) is 2.97. The van der Waals surface area contributed by atoms with Crippen molar-refractivity contribution in [1.29, 1.82) is 0 Å². The number of hydrogen-bond acceptors (Lipinski definition) is 4. The van der Waals surface area contributed by atoms with Crippen LogP contribution in [0.1, 0.15) is 23.2 Å². The average molecular weight is 340 g/mol. The Morgan fingerprint density at radius 2 is 2.00 bits per heavy atom. The van der Waals surface area contributed by atoms with E-state index in [0.29, 0.717) is 32.1 Å². The molecule has 2 aromatic rings. The highest BCUT2D eigenvalue weighted by atomic mass is 16.5. The minimum absolute atomic E-state index is 0.204. The Bertz CT molecular complexity index is 703. The summed E-state index contributed by atoms with van der Waals surface area (Å²) in [5.41, 5.74) is 3.34. The summed E-state index contributed by atoms with van der Waals surface area (Å²) in [6.07, 6.45) is 2.10. The summed E-state index contributed by atoms with van der Waals surface area (Å²) >= 11 is 0. The third-order valence-electron chi connectivity index (χ3n) is 4.38. The molecule has 3 rings (SSSR count). The van der Waals surface area contributed by atoms with E-state index in [1.54, 1.807) is 7.11 Å². The SMILES string of the molecule is COCCOc1ccc2c(n1)CCN(C(=O)CCc1ccccc1)C2. The number of ether oxygens (including phenoxy) is 2. The predicted molar refractivity (Wildman–Crippen MR) is 95.5 cm³/mol. The Labute approximate surface area is 148 Å². The smallest absolute Gasteiger partial charge is 0.223 e. The van der Waals surface area contributed by atoms with Crippen molar-refractivity contribution in [3.05, 3.63) is 59.3 Å². The van der Waals surface area contributed by atoms with Crippen molar-refractivity contribution in [2.24, 2.45) is 0 Å². The number of pyridine rings is 1. The lowest BCUT2D eigenvalue weighted by atomic mass is 10.0. The van der Waals surface area contributed by atoms with Crippen LogP contribution in [0.2, 0.25) is 0 Å². The molecular formula is C20H24N2O3. The van der Waals surface area contributed by atoms with Crippen LogP contribution in [-0.2, 0) is 28.9 Å². The molecule has 0 fully saturated rings. The lowest BCUT2D eigenvalue weighted by Crippen LogP contribution is -2.36. The van der Waals surface area contributed by atoms with Gasteiger partial charge in [-0.25, -0.2) is 4.98 Å². The van der Waals surface area contributed by atoms with E-state index in [9.17, 15) is 4.79 Å². The Hall–Kier alpha value is -2.40. The Balaban J connectivity index is 1.54. The van der Waals surface area contributed by atoms with Gasteiger partial charge in [0.1, 0.15) is 6.61 Å². The van der Waals surface area contributed by atoms with Crippen molar-refractivity contribution in [3.8, 4) is 5.88 Å². The molecule has 0 saturated heterocycles. The van der Waals surface area contributed by atoms with E-state index in [2.05, 4.69) is 17.1 Å². The number of nitrogens with zero attached hydrogens (tertiary/aromatic N) is 2.